The van der Waals surface area contributed by atoms with Gasteiger partial charge in [-0.1, -0.05) is 54.0 Å². The van der Waals surface area contributed by atoms with Crippen molar-refractivity contribution >= 4 is 45.7 Å². The molecule has 2 saturated heterocycles. The van der Waals surface area contributed by atoms with E-state index in [2.05, 4.69) is 42.4 Å². The van der Waals surface area contributed by atoms with Crippen LogP contribution in [0.25, 0.3) is 0 Å². The van der Waals surface area contributed by atoms with Crippen molar-refractivity contribution in [2.75, 3.05) is 26.2 Å². The Morgan fingerprint density at radius 1 is 1.13 bits per heavy atom. The van der Waals surface area contributed by atoms with Gasteiger partial charge in [0.05, 0.1) is 5.70 Å². The minimum atomic E-state index is -0.364. The average molecular weight is 604 g/mol. The van der Waals surface area contributed by atoms with Crippen LogP contribution in [0.4, 0.5) is 4.79 Å². The van der Waals surface area contributed by atoms with E-state index in [1.807, 2.05) is 23.3 Å². The van der Waals surface area contributed by atoms with E-state index in [0.717, 1.165) is 66.8 Å². The Bertz CT molecular complexity index is 1120. The normalized spacial score (nSPS) is 21.7. The number of allylic oxidation sites excluding steroid dienone is 3. The van der Waals surface area contributed by atoms with Crippen LogP contribution >= 0.6 is 27.5 Å². The second-order valence-electron chi connectivity index (χ2n) is 11.3. The summed E-state index contributed by atoms with van der Waals surface area (Å²) < 4.78 is 1.04. The Kier molecular flexibility index (Phi) is 9.74. The molecule has 1 unspecified atom stereocenters. The van der Waals surface area contributed by atoms with E-state index in [-0.39, 0.29) is 17.9 Å². The smallest absolute Gasteiger partial charge is 0.314 e. The lowest BCUT2D eigenvalue weighted by atomic mass is 9.76. The summed E-state index contributed by atoms with van der Waals surface area (Å²) in [5.41, 5.74) is 10.3. The highest BCUT2D eigenvalue weighted by Crippen LogP contribution is 2.47. The van der Waals surface area contributed by atoms with Gasteiger partial charge in [0.1, 0.15) is 0 Å². The number of piperidine rings is 2. The largest absolute Gasteiger partial charge is 0.351 e. The lowest BCUT2D eigenvalue weighted by Gasteiger charge is -2.38. The van der Waals surface area contributed by atoms with Gasteiger partial charge >= 0.3 is 6.03 Å². The highest BCUT2D eigenvalue weighted by molar-refractivity contribution is 9.10. The number of aryl methyl sites for hydroxylation is 1. The molecule has 0 aromatic heterocycles. The maximum absolute atomic E-state index is 13.2. The van der Waals surface area contributed by atoms with Gasteiger partial charge in [0.15, 0.2) is 0 Å². The Morgan fingerprint density at radius 2 is 1.79 bits per heavy atom. The van der Waals surface area contributed by atoms with Crippen molar-refractivity contribution in [3.8, 4) is 0 Å². The standard InChI is InChI=1S/C30H40BrClN4O2/c1-4-21-5-6-23-16-24(32)17-25(31)27(23)28(29(21)34-18-19(2)3)22-9-13-35(14-10-22)26(37)15-20-7-11-36(12-8-20)30(33)38/h4,16-20,22,28H,1,5-15H2,2-3H3,(H2,33,38). The summed E-state index contributed by atoms with van der Waals surface area (Å²) in [6.07, 6.45) is 9.89. The van der Waals surface area contributed by atoms with Gasteiger partial charge < -0.3 is 15.5 Å². The predicted molar refractivity (Wildman–Crippen MR) is 159 cm³/mol. The fraction of sp³-hybridized carbons (Fsp3) is 0.567. The van der Waals surface area contributed by atoms with Crippen LogP contribution in [0.15, 0.2) is 45.5 Å². The molecule has 2 heterocycles. The van der Waals surface area contributed by atoms with Crippen LogP contribution in [0.3, 0.4) is 0 Å². The lowest BCUT2D eigenvalue weighted by molar-refractivity contribution is -0.134. The number of amides is 3. The molecule has 3 amide bonds. The maximum Gasteiger partial charge on any atom is 0.314 e. The van der Waals surface area contributed by atoms with Crippen LogP contribution in [0.2, 0.25) is 5.02 Å². The number of nitrogens with two attached hydrogens (primary N) is 1. The fourth-order valence-electron chi connectivity index (χ4n) is 6.20. The molecule has 8 heteroatoms. The summed E-state index contributed by atoms with van der Waals surface area (Å²) in [6.45, 7) is 11.2. The first kappa shape index (κ1) is 28.9. The number of nitrogens with zero attached hydrogens (tertiary/aromatic N) is 3. The molecule has 1 aliphatic carbocycles. The molecule has 1 atom stereocenters. The average Bonchev–Trinajstić information content (AvgIpc) is 3.04. The van der Waals surface area contributed by atoms with Crippen LogP contribution in [-0.4, -0.2) is 54.1 Å². The summed E-state index contributed by atoms with van der Waals surface area (Å²) in [7, 11) is 0. The van der Waals surface area contributed by atoms with Gasteiger partial charge in [0, 0.05) is 54.2 Å². The number of benzene rings is 1. The Hall–Kier alpha value is -2.12. The van der Waals surface area contributed by atoms with Crippen molar-refractivity contribution < 1.29 is 9.59 Å². The van der Waals surface area contributed by atoms with Crippen molar-refractivity contribution in [2.45, 2.75) is 64.7 Å². The minimum Gasteiger partial charge on any atom is -0.351 e. The molecule has 6 nitrogen and oxygen atoms in total. The van der Waals surface area contributed by atoms with Gasteiger partial charge in [-0.3, -0.25) is 9.79 Å². The van der Waals surface area contributed by atoms with Gasteiger partial charge in [-0.15, -0.1) is 0 Å². The van der Waals surface area contributed by atoms with E-state index in [1.54, 1.807) is 4.90 Å². The molecule has 206 valence electrons. The highest BCUT2D eigenvalue weighted by atomic mass is 79.9. The second-order valence-corrected chi connectivity index (χ2v) is 12.6. The molecular formula is C30H40BrClN4O2. The van der Waals surface area contributed by atoms with Crippen LogP contribution in [0.5, 0.6) is 0 Å². The molecule has 1 aromatic carbocycles. The molecule has 0 spiro atoms. The van der Waals surface area contributed by atoms with Gasteiger partial charge in [-0.05, 0) is 85.1 Å². The number of carbonyl (C=O) groups is 2. The SMILES string of the molecule is C=CC1=C(N=CC(C)C)C(C2CCN(C(=O)CC3CCN(C(N)=O)CC3)CC2)c2c(Br)cc(Cl)cc2CC1. The van der Waals surface area contributed by atoms with E-state index in [4.69, 9.17) is 22.3 Å². The number of likely N-dealkylation sites (tertiary alicyclic amines) is 2. The molecule has 1 aromatic rings. The molecule has 2 N–H and O–H groups in total. The first-order chi connectivity index (χ1) is 18.2. The van der Waals surface area contributed by atoms with Crippen molar-refractivity contribution in [3.63, 3.8) is 0 Å². The number of halogens is 2. The highest BCUT2D eigenvalue weighted by Gasteiger charge is 2.37. The zero-order valence-electron chi connectivity index (χ0n) is 22.6. The monoisotopic (exact) mass is 602 g/mol. The van der Waals surface area contributed by atoms with Crippen LogP contribution in [0.1, 0.15) is 69.4 Å². The summed E-state index contributed by atoms with van der Waals surface area (Å²) in [5, 5.41) is 0.741. The first-order valence-electron chi connectivity index (χ1n) is 13.9. The molecular weight excluding hydrogens is 564 g/mol. The summed E-state index contributed by atoms with van der Waals surface area (Å²) in [5.74, 6) is 1.38. The van der Waals surface area contributed by atoms with Crippen LogP contribution in [0, 0.1) is 17.8 Å². The predicted octanol–water partition coefficient (Wildman–Crippen LogP) is 6.72. The topological polar surface area (TPSA) is 79.0 Å². The van der Waals surface area contributed by atoms with E-state index < -0.39 is 0 Å². The Labute approximate surface area is 240 Å². The lowest BCUT2D eigenvalue weighted by Crippen LogP contribution is -2.44. The number of urea groups is 1. The van der Waals surface area contributed by atoms with E-state index >= 15 is 0 Å². The number of primary amides is 1. The molecule has 38 heavy (non-hydrogen) atoms. The summed E-state index contributed by atoms with van der Waals surface area (Å²) in [6, 6.07) is 3.74. The molecule has 2 aliphatic heterocycles. The Balaban J connectivity index is 1.52. The quantitative estimate of drug-likeness (QED) is 0.367. The van der Waals surface area contributed by atoms with Gasteiger partial charge in [-0.2, -0.15) is 0 Å². The Morgan fingerprint density at radius 3 is 2.39 bits per heavy atom. The maximum atomic E-state index is 13.2. The second kappa shape index (κ2) is 12.8. The zero-order valence-corrected chi connectivity index (χ0v) is 24.9. The van der Waals surface area contributed by atoms with Crippen molar-refractivity contribution in [1.29, 1.82) is 0 Å². The molecule has 2 fully saturated rings. The molecule has 4 rings (SSSR count). The number of hydrogen-bond donors (Lipinski definition) is 1. The molecule has 3 aliphatic rings. The van der Waals surface area contributed by atoms with Gasteiger partial charge in [0.25, 0.3) is 0 Å². The number of aliphatic imine (C=N–C) groups is 1. The van der Waals surface area contributed by atoms with Crippen LogP contribution < -0.4 is 5.73 Å². The number of rotatable bonds is 6. The van der Waals surface area contributed by atoms with Gasteiger partial charge in [0.2, 0.25) is 5.91 Å². The summed E-state index contributed by atoms with van der Waals surface area (Å²) >= 11 is 10.3. The number of carbonyl (C=O) groups excluding carboxylic acids is 2. The van der Waals surface area contributed by atoms with Crippen molar-refractivity contribution in [2.24, 2.45) is 28.5 Å². The molecule has 0 saturated carbocycles. The van der Waals surface area contributed by atoms with Gasteiger partial charge in [-0.25, -0.2) is 4.79 Å². The van der Waals surface area contributed by atoms with E-state index in [0.29, 0.717) is 37.3 Å². The molecule has 0 bridgehead atoms. The van der Waals surface area contributed by atoms with E-state index in [1.165, 1.54) is 16.7 Å². The number of hydrogen-bond acceptors (Lipinski definition) is 3. The van der Waals surface area contributed by atoms with Crippen LogP contribution in [-0.2, 0) is 11.2 Å². The third-order valence-corrected chi connectivity index (χ3v) is 9.16. The summed E-state index contributed by atoms with van der Waals surface area (Å²) in [4.78, 5) is 33.4. The first-order valence-corrected chi connectivity index (χ1v) is 15.0. The number of fused-ring (bicyclic) bond motifs is 1. The molecule has 0 radical (unpaired) electrons. The minimum absolute atomic E-state index is 0.123. The van der Waals surface area contributed by atoms with Crippen molar-refractivity contribution in [1.82, 2.24) is 9.80 Å². The van der Waals surface area contributed by atoms with E-state index in [9.17, 15) is 9.59 Å². The van der Waals surface area contributed by atoms with Crippen molar-refractivity contribution in [3.05, 3.63) is 56.7 Å². The zero-order chi connectivity index (χ0) is 27.4. The third-order valence-electron chi connectivity index (χ3n) is 8.29. The fourth-order valence-corrected chi connectivity index (χ4v) is 7.32. The third kappa shape index (κ3) is 6.71.